The average Bonchev–Trinajstić information content (AvgIpc) is 4.09. The quantitative estimate of drug-likeness (QED) is 0.188. The van der Waals surface area contributed by atoms with Crippen molar-refractivity contribution >= 4 is 58.1 Å². The van der Waals surface area contributed by atoms with Crippen LogP contribution >= 0.6 is 0 Å². The summed E-state index contributed by atoms with van der Waals surface area (Å²) in [5.41, 5.74) is 6.42. The van der Waals surface area contributed by atoms with Gasteiger partial charge in [0.2, 0.25) is 17.7 Å². The second kappa shape index (κ2) is 18.6. The Labute approximate surface area is 414 Å². The molecule has 376 valence electrons. The van der Waals surface area contributed by atoms with Crippen LogP contribution < -0.4 is 24.8 Å². The Hall–Kier alpha value is -6.93. The number of carbonyl (C=O) groups is 5. The Morgan fingerprint density at radius 1 is 0.806 bits per heavy atom. The monoisotopic (exact) mass is 985 g/mol. The fourth-order valence-electron chi connectivity index (χ4n) is 12.0. The third-order valence-corrected chi connectivity index (χ3v) is 16.0. The first-order chi connectivity index (χ1) is 35.0. The van der Waals surface area contributed by atoms with E-state index >= 15 is 8.78 Å². The predicted octanol–water partition coefficient (Wildman–Crippen LogP) is 5.36. The van der Waals surface area contributed by atoms with Crippen LogP contribution in [-0.2, 0) is 32.1 Å². The Morgan fingerprint density at radius 3 is 2.36 bits per heavy atom. The number of imidazole rings is 1. The van der Waals surface area contributed by atoms with Gasteiger partial charge >= 0.3 is 0 Å². The molecule has 5 amide bonds. The lowest BCUT2D eigenvalue weighted by molar-refractivity contribution is -0.136. The van der Waals surface area contributed by atoms with Gasteiger partial charge in [0.1, 0.15) is 24.0 Å². The van der Waals surface area contributed by atoms with Crippen molar-refractivity contribution in [1.82, 2.24) is 39.2 Å². The third kappa shape index (κ3) is 8.21. The predicted molar refractivity (Wildman–Crippen MR) is 261 cm³/mol. The minimum Gasteiger partial charge on any atom is -0.490 e. The van der Waals surface area contributed by atoms with E-state index in [0.29, 0.717) is 85.8 Å². The van der Waals surface area contributed by atoms with Gasteiger partial charge in [-0.25, -0.2) is 13.8 Å². The van der Waals surface area contributed by atoms with Crippen LogP contribution in [0.2, 0.25) is 0 Å². The highest BCUT2D eigenvalue weighted by atomic mass is 19.3. The number of rotatable bonds is 9. The summed E-state index contributed by atoms with van der Waals surface area (Å²) >= 11 is 0. The largest absolute Gasteiger partial charge is 0.490 e. The second-order valence-corrected chi connectivity index (χ2v) is 20.1. The first-order valence-electron chi connectivity index (χ1n) is 25.3. The van der Waals surface area contributed by atoms with Crippen LogP contribution in [0.1, 0.15) is 95.5 Å². The molecular formula is C52H57F2N11O7. The number of hydrogen-bond donors (Lipinski definition) is 1. The lowest BCUT2D eigenvalue weighted by Gasteiger charge is -2.40. The average molecular weight is 986 g/mol. The maximum Gasteiger partial charge on any atom is 0.264 e. The molecule has 7 aliphatic rings. The number of fused-ring (bicyclic) bond motifs is 4. The molecule has 1 N–H and O–H groups in total. The van der Waals surface area contributed by atoms with Crippen molar-refractivity contribution in [2.75, 3.05) is 93.4 Å². The van der Waals surface area contributed by atoms with E-state index in [1.54, 1.807) is 37.4 Å². The molecule has 0 bridgehead atoms. The summed E-state index contributed by atoms with van der Waals surface area (Å²) in [5.74, 6) is -0.473. The molecular weight excluding hydrogens is 929 g/mol. The first kappa shape index (κ1) is 46.2. The van der Waals surface area contributed by atoms with Crippen molar-refractivity contribution in [2.24, 2.45) is 5.92 Å². The molecule has 1 atom stereocenters. The van der Waals surface area contributed by atoms with Gasteiger partial charge in [0.15, 0.2) is 5.82 Å². The smallest absolute Gasteiger partial charge is 0.264 e. The van der Waals surface area contributed by atoms with Crippen LogP contribution in [-0.4, -0.2) is 148 Å². The molecule has 4 fully saturated rings. The molecule has 2 aromatic carbocycles. The molecule has 0 spiro atoms. The number of halogens is 2. The molecule has 10 heterocycles. The Bertz CT molecular complexity index is 3010. The third-order valence-electron chi connectivity index (χ3n) is 16.0. The van der Waals surface area contributed by atoms with E-state index in [0.717, 1.165) is 99.0 Å². The number of nitrogens with one attached hydrogen (secondary N) is 1. The number of aromatic nitrogens is 4. The zero-order valence-corrected chi connectivity index (χ0v) is 40.2. The lowest BCUT2D eigenvalue weighted by atomic mass is 9.93. The summed E-state index contributed by atoms with van der Waals surface area (Å²) in [6.45, 7) is 10.1. The number of pyridine rings is 1. The zero-order chi connectivity index (χ0) is 49.4. The molecule has 0 aliphatic carbocycles. The number of carbonyl (C=O) groups excluding carboxylic acids is 5. The van der Waals surface area contributed by atoms with Gasteiger partial charge in [0, 0.05) is 132 Å². The minimum atomic E-state index is -2.80. The maximum absolute atomic E-state index is 15.7. The van der Waals surface area contributed by atoms with Gasteiger partial charge < -0.3 is 33.5 Å². The van der Waals surface area contributed by atoms with Crippen molar-refractivity contribution in [2.45, 2.75) is 76.9 Å². The van der Waals surface area contributed by atoms with Crippen molar-refractivity contribution < 1.29 is 42.2 Å². The molecule has 3 aromatic heterocycles. The lowest BCUT2D eigenvalue weighted by Crippen LogP contribution is -2.54. The second-order valence-electron chi connectivity index (χ2n) is 20.1. The number of nitrogens with zero attached hydrogens (tertiary/aromatic N) is 10. The molecule has 72 heavy (non-hydrogen) atoms. The van der Waals surface area contributed by atoms with Crippen molar-refractivity contribution in [3.63, 3.8) is 0 Å². The molecule has 5 aromatic rings. The Balaban J connectivity index is 0.750. The van der Waals surface area contributed by atoms with Gasteiger partial charge in [-0.3, -0.25) is 43.8 Å². The number of alkyl halides is 2. The molecule has 18 nitrogen and oxygen atoms in total. The Morgan fingerprint density at radius 2 is 1.60 bits per heavy atom. The zero-order valence-electron chi connectivity index (χ0n) is 40.2. The van der Waals surface area contributed by atoms with Crippen molar-refractivity contribution in [3.8, 4) is 16.9 Å². The van der Waals surface area contributed by atoms with Crippen LogP contribution in [0.15, 0.2) is 55.0 Å². The maximum atomic E-state index is 15.7. The Kier molecular flexibility index (Phi) is 11.9. The summed E-state index contributed by atoms with van der Waals surface area (Å²) in [7, 11) is 0. The van der Waals surface area contributed by atoms with Crippen molar-refractivity contribution in [1.29, 1.82) is 0 Å². The van der Waals surface area contributed by atoms with Gasteiger partial charge in [-0.05, 0) is 80.0 Å². The summed E-state index contributed by atoms with van der Waals surface area (Å²) in [5, 5.41) is 7.47. The van der Waals surface area contributed by atoms with E-state index in [9.17, 15) is 24.0 Å². The van der Waals surface area contributed by atoms with Crippen molar-refractivity contribution in [3.05, 3.63) is 82.9 Å². The van der Waals surface area contributed by atoms with E-state index in [4.69, 9.17) is 14.6 Å². The van der Waals surface area contributed by atoms with E-state index in [2.05, 4.69) is 29.7 Å². The van der Waals surface area contributed by atoms with Crippen LogP contribution in [0.5, 0.6) is 5.75 Å². The normalized spacial score (nSPS) is 21.4. The highest BCUT2D eigenvalue weighted by molar-refractivity contribution is 6.23. The fraction of sp³-hybridized carbons (Fsp3) is 0.481. The highest BCUT2D eigenvalue weighted by Crippen LogP contribution is 2.48. The first-order valence-corrected chi connectivity index (χ1v) is 25.3. The summed E-state index contributed by atoms with van der Waals surface area (Å²) < 4.78 is 47.4. The number of anilines is 4. The molecule has 0 radical (unpaired) electrons. The van der Waals surface area contributed by atoms with E-state index < -0.39 is 36.1 Å². The van der Waals surface area contributed by atoms with E-state index in [-0.39, 0.29) is 41.5 Å². The van der Waals surface area contributed by atoms with Gasteiger partial charge in [-0.1, -0.05) is 0 Å². The van der Waals surface area contributed by atoms with Crippen LogP contribution in [0.25, 0.3) is 16.8 Å². The van der Waals surface area contributed by atoms with Crippen LogP contribution in [0.4, 0.5) is 31.7 Å². The fourth-order valence-corrected chi connectivity index (χ4v) is 12.0. The van der Waals surface area contributed by atoms with Crippen LogP contribution in [0.3, 0.4) is 0 Å². The number of ether oxygens (including phenoxy) is 2. The molecule has 20 heteroatoms. The van der Waals surface area contributed by atoms with E-state index in [1.165, 1.54) is 0 Å². The summed E-state index contributed by atoms with van der Waals surface area (Å²) in [4.78, 5) is 80.1. The molecule has 0 saturated carbocycles. The number of piperazine rings is 1. The van der Waals surface area contributed by atoms with E-state index in [1.807, 2.05) is 38.7 Å². The van der Waals surface area contributed by atoms with Crippen LogP contribution in [0, 0.1) is 5.92 Å². The van der Waals surface area contributed by atoms with Gasteiger partial charge in [0.25, 0.3) is 18.2 Å². The molecule has 12 rings (SSSR count). The number of amides is 5. The highest BCUT2D eigenvalue weighted by Gasteiger charge is 2.45. The topological polar surface area (TPSA) is 170 Å². The van der Waals surface area contributed by atoms with Gasteiger partial charge in [0.05, 0.1) is 41.6 Å². The molecule has 1 unspecified atom stereocenters. The number of piperidine rings is 2. The van der Waals surface area contributed by atoms with Gasteiger partial charge in [-0.15, -0.1) is 0 Å². The standard InChI is InChI=1S/C52H57F2N11O7/c1-31(66)61-14-8-41-40(29-61)49(57-65(41)33-9-21-71-22-10-33)63-20-23-72-45-26-36(38(48(53)54)25-43(45)63)37-27-46-55-11-15-62(46)30-44(37)60-12-6-32(7-13-60)28-58-16-18-59(19-17-58)34-2-3-35-39(24-34)52(70)64(51(35)69)42-4-5-47(67)56-50(42)68/h2-3,11,15,24-27,30,32-33,42,48H,4-10,12-14,16-23,28-29H2,1H3,(H,56,67,68). The number of benzene rings is 2. The number of imide groups is 2. The minimum absolute atomic E-state index is 0.0132. The molecule has 7 aliphatic heterocycles. The van der Waals surface area contributed by atoms with Gasteiger partial charge in [-0.2, -0.15) is 5.10 Å². The number of hydrogen-bond acceptors (Lipinski definition) is 13. The summed E-state index contributed by atoms with van der Waals surface area (Å²) in [6.07, 6.45) is 7.13. The SMILES string of the molecule is CC(=O)N1CCc2c(c(N3CCOc4cc(-c5cc6nccn6cc5N5CCC(CN6CCN(c7ccc8c(c7)C(=O)N(C7CCC(=O)NC7=O)C8=O)CC6)CC5)c(C(F)F)cc43)nn2C2CCOCC2)C1. The summed E-state index contributed by atoms with van der Waals surface area (Å²) in [6, 6.07) is 9.67. The molecule has 4 saturated heterocycles.